The van der Waals surface area contributed by atoms with Gasteiger partial charge in [-0.05, 0) is 47.6 Å². The van der Waals surface area contributed by atoms with E-state index >= 15 is 0 Å². The maximum atomic E-state index is 4.62. The molecule has 0 atom stereocenters. The summed E-state index contributed by atoms with van der Waals surface area (Å²) in [5.74, 6) is 13.4. The summed E-state index contributed by atoms with van der Waals surface area (Å²) in [6, 6.07) is 9.81. The van der Waals surface area contributed by atoms with Gasteiger partial charge in [-0.15, -0.1) is 39.7 Å². The standard InChI is InChI=1S/C14H22N2.4C13H20N2.3C12H18N2.8Y/c1-6-7-8-12-9-13(10(2)3)16-14(15-12)11(4)5;1-7-11-10(6)14-13(9(4)5)15-12(11)8(2)3;1-7-11-10(6)12(8(2)3)15-13(14-11)9(4)5;1-6-7-11-8-14-13(10(4)5)15-12(11)9(2)3;1-6-7-11-8-12(9(2)3)15-13(14-11)10(4)5;1-7(2)11-9(5)10(6)13-12(14-11)8(3)4;1-6-10-7-13-12(9(4)5)14-11(10)8(2)3;1-6-10-7-11(8(2)3)14-12(13-10)9(4)5;;;;;;;;/h10-11H,1,6-8H2,2-5H3;2*8-9H,1,6-7H2,2-5H3;2*9-10H,1,6-7H2,2-5H3;7-8H,5-6H2,1-4H3;2*8-9H,1,6H2,2-5H3;;;;;;;;/q8*-2;;;;;;;;. The zero-order valence-electron chi connectivity index (χ0n) is 84.6. The topological polar surface area (TPSA) is 206 Å². The minimum Gasteiger partial charge on any atom is -0.429 e. The number of aromatic nitrogens is 16. The summed E-state index contributed by atoms with van der Waals surface area (Å²) in [6.45, 7) is 111. The van der Waals surface area contributed by atoms with Gasteiger partial charge in [0, 0.05) is 309 Å². The molecule has 0 saturated heterocycles. The Morgan fingerprint density at radius 2 is 0.524 bits per heavy atom. The van der Waals surface area contributed by atoms with E-state index in [9.17, 15) is 0 Å². The molecule has 0 amide bonds. The average Bonchev–Trinajstić information content (AvgIpc) is 0.815. The van der Waals surface area contributed by atoms with E-state index in [4.69, 9.17) is 0 Å². The third-order valence-corrected chi connectivity index (χ3v) is 18.4. The molecule has 24 heteroatoms. The summed E-state index contributed by atoms with van der Waals surface area (Å²) in [7, 11) is 0. The number of rotatable bonds is 27. The van der Waals surface area contributed by atoms with Gasteiger partial charge in [0.05, 0.1) is 0 Å². The molecule has 0 bridgehead atoms. The number of hydrogen-bond acceptors (Lipinski definition) is 16. The van der Waals surface area contributed by atoms with Crippen molar-refractivity contribution in [1.82, 2.24) is 79.7 Å². The van der Waals surface area contributed by atoms with Crippen LogP contribution in [0.5, 0.6) is 0 Å². The second kappa shape index (κ2) is 75.0. The van der Waals surface area contributed by atoms with Gasteiger partial charge in [-0.2, -0.15) is 67.8 Å². The minimum atomic E-state index is 0. The van der Waals surface area contributed by atoms with Gasteiger partial charge in [-0.25, -0.2) is 19.0 Å². The van der Waals surface area contributed by atoms with E-state index in [1.54, 1.807) is 0 Å². The van der Waals surface area contributed by atoms with E-state index in [0.717, 1.165) is 199 Å². The van der Waals surface area contributed by atoms with Gasteiger partial charge < -0.3 is 112 Å². The second-order valence-corrected chi connectivity index (χ2v) is 35.0. The third kappa shape index (κ3) is 51.6. The molecular formula is C102H156N16Y8-16. The van der Waals surface area contributed by atoms with Gasteiger partial charge in [0.15, 0.2) is 0 Å². The van der Waals surface area contributed by atoms with Crippen LogP contribution in [0.4, 0.5) is 0 Å². The van der Waals surface area contributed by atoms with E-state index < -0.39 is 0 Å². The van der Waals surface area contributed by atoms with Gasteiger partial charge in [0.25, 0.3) is 0 Å². The molecule has 8 aromatic rings. The van der Waals surface area contributed by atoms with Gasteiger partial charge in [-0.3, -0.25) is 53.7 Å². The predicted molar refractivity (Wildman–Crippen MR) is 496 cm³/mol. The summed E-state index contributed by atoms with van der Waals surface area (Å²) < 4.78 is 0. The zero-order valence-corrected chi connectivity index (χ0v) is 107. The van der Waals surface area contributed by atoms with Gasteiger partial charge in [0.2, 0.25) is 0 Å². The quantitative estimate of drug-likeness (QED) is 0.0439. The molecule has 0 fully saturated rings. The number of hydrogen-bond donors (Lipinski definition) is 0. The second-order valence-electron chi connectivity index (χ2n) is 35.0. The fraction of sp³-hybridized carbons (Fsp3) is 0.578. The largest absolute Gasteiger partial charge is 0.429 e. The molecule has 16 nitrogen and oxygen atoms in total. The Balaban J connectivity index is -0.000000209. The molecule has 8 heterocycles. The Bertz CT molecular complexity index is 4140. The van der Waals surface area contributed by atoms with Crippen LogP contribution in [-0.4, -0.2) is 79.7 Å². The zero-order chi connectivity index (χ0) is 90.5. The van der Waals surface area contributed by atoms with Crippen LogP contribution in [0, 0.1) is 107 Å². The first-order chi connectivity index (χ1) is 55.1. The monoisotopic (exact) mass is 2320 g/mol. The van der Waals surface area contributed by atoms with Crippen molar-refractivity contribution in [2.24, 2.45) is 0 Å². The molecule has 8 rings (SSSR count). The van der Waals surface area contributed by atoms with Crippen LogP contribution in [0.1, 0.15) is 496 Å². The minimum absolute atomic E-state index is 0. The maximum Gasteiger partial charge on any atom is 0.126 e. The molecular weight excluding hydrogens is 2160 g/mol. The van der Waals surface area contributed by atoms with Crippen LogP contribution in [0.15, 0.2) is 0 Å². The molecule has 8 aromatic heterocycles. The van der Waals surface area contributed by atoms with Crippen molar-refractivity contribution in [3.05, 3.63) is 261 Å². The summed E-state index contributed by atoms with van der Waals surface area (Å²) in [6.07, 6.45) is 15.5. The molecule has 0 aliphatic rings. The van der Waals surface area contributed by atoms with Crippen molar-refractivity contribution in [2.75, 3.05) is 0 Å². The fourth-order valence-corrected chi connectivity index (χ4v) is 11.1. The molecule has 0 aromatic carbocycles. The van der Waals surface area contributed by atoms with E-state index in [-0.39, 0.29) is 262 Å². The summed E-state index contributed by atoms with van der Waals surface area (Å²) in [5.41, 5.74) is 19.2. The molecule has 0 aliphatic heterocycles. The Morgan fingerprint density at radius 3 is 0.833 bits per heavy atom. The fourth-order valence-electron chi connectivity index (χ4n) is 11.1. The Morgan fingerprint density at radius 1 is 0.230 bits per heavy atom. The van der Waals surface area contributed by atoms with Gasteiger partial charge in [0.1, 0.15) is 34.9 Å². The first-order valence-corrected chi connectivity index (χ1v) is 43.6. The van der Waals surface area contributed by atoms with Crippen molar-refractivity contribution >= 4 is 0 Å². The Hall–Kier alpha value is 0.951. The molecule has 126 heavy (non-hydrogen) atoms. The first-order valence-electron chi connectivity index (χ1n) is 43.6. The predicted octanol–water partition coefficient (Wildman–Crippen LogP) is 25.7. The molecule has 0 aliphatic carbocycles. The molecule has 684 valence electrons. The van der Waals surface area contributed by atoms with Gasteiger partial charge in [-0.1, -0.05) is 305 Å². The Kier molecular flexibility index (Phi) is 84.7. The summed E-state index contributed by atoms with van der Waals surface area (Å²) >= 11 is 0. The Labute approximate surface area is 974 Å². The summed E-state index contributed by atoms with van der Waals surface area (Å²) in [5, 5.41) is 0. The number of nitrogens with zero attached hydrogens (tertiary/aromatic N) is 16. The van der Waals surface area contributed by atoms with Crippen LogP contribution in [0.25, 0.3) is 0 Å². The SMILES string of the molecule is [CH2-]CCCc1[c-]c(C(C)C)nc(C(C)C)n1.[CH2-]CCc1[c-]c(C(C)C)nc(C(C)C)n1.[CH2-]CCc1[c-]nc(C(C)C)nc1C(C)C.[CH2-]Cc1[c-]c(C(C)C)nc(C(C)C)n1.[CH2-]Cc1[c-]nc(C(C)C)nc1C(C)C.[CH2-]Cc1c([CH2-])nc(C(C)C)nc1C(C)C.[CH2-]Cc1nc(C(C)C)nc(C(C)C)c1[CH2-].[CH2-]c1nc(C(C)C)nc(C(C)C)c1[CH2-].[Y].[Y].[Y].[Y].[Y].[Y].[Y].[Y]. The van der Waals surface area contributed by atoms with Crippen LogP contribution in [0.3, 0.4) is 0 Å². The van der Waals surface area contributed by atoms with E-state index in [1.165, 1.54) is 0 Å². The normalized spacial score (nSPS) is 10.7. The maximum absolute atomic E-state index is 4.62. The molecule has 0 unspecified atom stereocenters. The molecule has 0 saturated carbocycles. The van der Waals surface area contributed by atoms with Crippen molar-refractivity contribution in [3.63, 3.8) is 0 Å². The molecule has 8 radical (unpaired) electrons. The third-order valence-electron chi connectivity index (χ3n) is 18.4. The van der Waals surface area contributed by atoms with E-state index in [0.29, 0.717) is 120 Å². The van der Waals surface area contributed by atoms with Crippen LogP contribution in [0.2, 0.25) is 0 Å². The van der Waals surface area contributed by atoms with E-state index in [2.05, 4.69) is 408 Å². The number of aryl methyl sites for hydroxylation is 3. The molecule has 0 spiro atoms. The van der Waals surface area contributed by atoms with Gasteiger partial charge >= 0.3 is 0 Å². The first kappa shape index (κ1) is 142. The van der Waals surface area contributed by atoms with Crippen molar-refractivity contribution in [1.29, 1.82) is 0 Å². The van der Waals surface area contributed by atoms with Crippen molar-refractivity contribution < 1.29 is 262 Å². The smallest absolute Gasteiger partial charge is 0.126 e. The molecule has 0 N–H and O–H groups in total. The average molecular weight is 2320 g/mol. The summed E-state index contributed by atoms with van der Waals surface area (Å²) in [4.78, 5) is 71.7. The van der Waals surface area contributed by atoms with Crippen LogP contribution < -0.4 is 0 Å². The van der Waals surface area contributed by atoms with Crippen LogP contribution >= 0.6 is 0 Å². The van der Waals surface area contributed by atoms with E-state index in [1.807, 2.05) is 0 Å². The number of unbranched alkanes of at least 4 members (excludes halogenated alkanes) is 1. The van der Waals surface area contributed by atoms with Crippen molar-refractivity contribution in [2.45, 2.75) is 387 Å². The van der Waals surface area contributed by atoms with Crippen molar-refractivity contribution in [3.8, 4) is 0 Å². The van der Waals surface area contributed by atoms with Crippen LogP contribution in [-0.2, 0) is 307 Å².